The van der Waals surface area contributed by atoms with Crippen molar-refractivity contribution in [2.24, 2.45) is 0 Å². The molecule has 0 atom stereocenters. The van der Waals surface area contributed by atoms with Crippen LogP contribution >= 0.6 is 114 Å². The fraction of sp³-hybridized carbons (Fsp3) is 0.532. The van der Waals surface area contributed by atoms with E-state index in [2.05, 4.69) is 159 Å². The number of hydrogen-bond acceptors (Lipinski definition) is 8. The molecule has 0 saturated heterocycles. The zero-order valence-electron chi connectivity index (χ0n) is 64.1. The summed E-state index contributed by atoms with van der Waals surface area (Å²) in [6.07, 6.45) is 58.8. The van der Waals surface area contributed by atoms with Gasteiger partial charge in [-0.15, -0.1) is 90.7 Å². The van der Waals surface area contributed by atoms with Gasteiger partial charge in [0.1, 0.15) is 0 Å². The molecule has 10 heteroatoms. The molecule has 0 nitrogen and oxygen atoms in total. The molecule has 0 amide bonds. The number of rotatable bonds is 44. The molecule has 10 aromatic rings. The van der Waals surface area contributed by atoms with Crippen LogP contribution in [0.5, 0.6) is 0 Å². The maximum atomic E-state index is 6.56. The van der Waals surface area contributed by atoms with Crippen molar-refractivity contribution in [3.8, 4) is 47.4 Å². The minimum Gasteiger partial charge on any atom is -0.142 e. The minimum atomic E-state index is 0.833. The molecule has 8 heterocycles. The molecule has 0 bridgehead atoms. The standard InChI is InChI=1S/C48H62S4.C46H56Cl2S4/c1-5-7-9-11-13-15-17-19-21-23-25-39-35-37(3)51-45(39)29-27-41-43-31-33-50-48(43)42(44-32-34-49-47(41)44)28-30-46-40(36-38(4)52-46)26-24-22-20-18-16-14-12-10-8-6-2;1-3-5-7-9-11-13-15-17-19-21-23-35-33-43(47)51-41(35)27-25-37-39-29-31-50-46(39)38(40-30-32-49-45(37)40)26-28-42-36(34-44(48)52-42)24-22-20-18-16-14-12-10-8-6-4-2/h31-36H,5-26H2,1-4H3;29-34H,3-24H2,1-2H3. The first-order chi connectivity index (χ1) is 51.2. The lowest BCUT2D eigenvalue weighted by atomic mass is 10.0. The molecule has 0 spiro atoms. The van der Waals surface area contributed by atoms with E-state index in [0.29, 0.717) is 0 Å². The largest absolute Gasteiger partial charge is 0.142 e. The van der Waals surface area contributed by atoms with Gasteiger partial charge in [-0.3, -0.25) is 0 Å². The van der Waals surface area contributed by atoms with Crippen LogP contribution in [-0.2, 0) is 25.7 Å². The van der Waals surface area contributed by atoms with Crippen molar-refractivity contribution in [1.82, 2.24) is 0 Å². The van der Waals surface area contributed by atoms with Crippen LogP contribution in [0.3, 0.4) is 0 Å². The lowest BCUT2D eigenvalue weighted by molar-refractivity contribution is 0.556. The molecule has 10 rings (SSSR count). The summed E-state index contributed by atoms with van der Waals surface area (Å²) in [5, 5.41) is 13.7. The Kier molecular flexibility index (Phi) is 39.1. The van der Waals surface area contributed by atoms with Crippen molar-refractivity contribution >= 4 is 154 Å². The van der Waals surface area contributed by atoms with Gasteiger partial charge in [0.25, 0.3) is 0 Å². The highest BCUT2D eigenvalue weighted by Gasteiger charge is 2.18. The summed E-state index contributed by atoms with van der Waals surface area (Å²) in [4.78, 5) is 7.48. The van der Waals surface area contributed by atoms with E-state index in [0.717, 1.165) is 55.2 Å². The first kappa shape index (κ1) is 83.9. The van der Waals surface area contributed by atoms with Crippen LogP contribution in [0.15, 0.2) is 70.1 Å². The molecular formula is C94H118Cl2S8. The van der Waals surface area contributed by atoms with Crippen molar-refractivity contribution in [2.45, 2.75) is 324 Å². The highest BCUT2D eigenvalue weighted by molar-refractivity contribution is 7.20. The predicted molar refractivity (Wildman–Crippen MR) is 477 cm³/mol. The molecule has 0 saturated carbocycles. The zero-order valence-corrected chi connectivity index (χ0v) is 72.1. The van der Waals surface area contributed by atoms with Crippen molar-refractivity contribution in [1.29, 1.82) is 0 Å². The number of halogens is 2. The molecule has 8 aromatic heterocycles. The Bertz CT molecular complexity index is 3750. The van der Waals surface area contributed by atoms with Crippen molar-refractivity contribution < 1.29 is 0 Å². The van der Waals surface area contributed by atoms with Crippen LogP contribution < -0.4 is 0 Å². The van der Waals surface area contributed by atoms with Crippen LogP contribution in [0, 0.1) is 61.2 Å². The lowest BCUT2D eigenvalue weighted by Crippen LogP contribution is -1.88. The van der Waals surface area contributed by atoms with Crippen molar-refractivity contribution in [3.63, 3.8) is 0 Å². The van der Waals surface area contributed by atoms with Crippen LogP contribution in [0.4, 0.5) is 0 Å². The van der Waals surface area contributed by atoms with Gasteiger partial charge < -0.3 is 0 Å². The molecule has 0 N–H and O–H groups in total. The third-order valence-corrected chi connectivity index (χ3v) is 28.7. The fourth-order valence-electron chi connectivity index (χ4n) is 14.6. The normalized spacial score (nSPS) is 11.3. The van der Waals surface area contributed by atoms with E-state index in [-0.39, 0.29) is 0 Å². The van der Waals surface area contributed by atoms with Crippen LogP contribution in [0.25, 0.3) is 40.3 Å². The van der Waals surface area contributed by atoms with Gasteiger partial charge in [-0.25, -0.2) is 0 Å². The van der Waals surface area contributed by atoms with Gasteiger partial charge in [-0.2, -0.15) is 0 Å². The number of hydrogen-bond donors (Lipinski definition) is 0. The summed E-state index contributed by atoms with van der Waals surface area (Å²) in [6, 6.07) is 18.0. The van der Waals surface area contributed by atoms with Gasteiger partial charge in [0.2, 0.25) is 0 Å². The SMILES string of the molecule is CCCCCCCCCCCCc1cc(C)sc1C#Cc1c2ccsc2c(C#Cc2sc(C)cc2CCCCCCCCCCCC)c2ccsc12.CCCCCCCCCCCCc1cc(Cl)sc1C#Cc1c2ccsc2c(C#Cc2sc(Cl)cc2CCCCCCCCCCCC)c2ccsc12. The van der Waals surface area contributed by atoms with E-state index in [1.54, 1.807) is 45.3 Å². The number of aryl methyl sites for hydroxylation is 6. The third kappa shape index (κ3) is 27.2. The average molecular weight is 1580 g/mol. The van der Waals surface area contributed by atoms with Crippen molar-refractivity contribution in [2.75, 3.05) is 0 Å². The number of fused-ring (bicyclic) bond motifs is 4. The van der Waals surface area contributed by atoms with Crippen LogP contribution in [-0.4, -0.2) is 0 Å². The van der Waals surface area contributed by atoms with Gasteiger partial charge in [0.05, 0.1) is 69.2 Å². The predicted octanol–water partition coefficient (Wildman–Crippen LogP) is 33.9. The van der Waals surface area contributed by atoms with E-state index in [4.69, 9.17) is 23.2 Å². The molecule has 2 aromatic carbocycles. The first-order valence-corrected chi connectivity index (χ1v) is 48.4. The molecular weight excluding hydrogens is 1460 g/mol. The lowest BCUT2D eigenvalue weighted by Gasteiger charge is -2.04. The second-order valence-corrected chi connectivity index (χ2v) is 38.7. The topological polar surface area (TPSA) is 0 Å². The summed E-state index contributed by atoms with van der Waals surface area (Å²) < 4.78 is 6.66. The first-order valence-electron chi connectivity index (χ1n) is 40.8. The number of unbranched alkanes of at least 4 members (excludes halogenated alkanes) is 36. The molecule has 104 heavy (non-hydrogen) atoms. The van der Waals surface area contributed by atoms with Crippen LogP contribution in [0.1, 0.15) is 358 Å². The Balaban J connectivity index is 0.000000241. The average Bonchev–Trinajstić information content (AvgIpc) is 1.60. The van der Waals surface area contributed by atoms with Crippen LogP contribution in [0.2, 0.25) is 8.67 Å². The quantitative estimate of drug-likeness (QED) is 0.0264. The molecule has 556 valence electrons. The fourth-order valence-corrected chi connectivity index (χ4v) is 22.4. The van der Waals surface area contributed by atoms with Gasteiger partial charge in [0, 0.05) is 31.3 Å². The van der Waals surface area contributed by atoms with E-state index in [1.165, 1.54) is 350 Å². The smallest absolute Gasteiger partial charge is 0.0944 e. The van der Waals surface area contributed by atoms with Crippen molar-refractivity contribution in [3.05, 3.63) is 152 Å². The minimum absolute atomic E-state index is 0.833. The molecule has 0 unspecified atom stereocenters. The second kappa shape index (κ2) is 48.4. The Morgan fingerprint density at radius 2 is 0.452 bits per heavy atom. The van der Waals surface area contributed by atoms with E-state index < -0.39 is 0 Å². The highest BCUT2D eigenvalue weighted by Crippen LogP contribution is 2.41. The molecule has 0 aliphatic carbocycles. The molecule has 0 fully saturated rings. The maximum Gasteiger partial charge on any atom is 0.0944 e. The van der Waals surface area contributed by atoms with E-state index in [1.807, 2.05) is 45.3 Å². The molecule has 0 aliphatic heterocycles. The Hall–Kier alpha value is -4.10. The summed E-state index contributed by atoms with van der Waals surface area (Å²) >= 11 is 27.2. The summed E-state index contributed by atoms with van der Waals surface area (Å²) in [6.45, 7) is 13.6. The molecule has 0 radical (unpaired) electrons. The number of benzene rings is 2. The van der Waals surface area contributed by atoms with E-state index in [9.17, 15) is 0 Å². The summed E-state index contributed by atoms with van der Waals surface area (Å²) in [5.74, 6) is 29.2. The van der Waals surface area contributed by atoms with Gasteiger partial charge in [-0.05, 0) is 158 Å². The third-order valence-electron chi connectivity index (χ3n) is 20.5. The molecule has 0 aliphatic rings. The Morgan fingerprint density at radius 1 is 0.250 bits per heavy atom. The zero-order chi connectivity index (χ0) is 72.8. The van der Waals surface area contributed by atoms with Gasteiger partial charge in [0.15, 0.2) is 0 Å². The highest BCUT2D eigenvalue weighted by atomic mass is 35.5. The second-order valence-electron chi connectivity index (χ2n) is 29.1. The number of thiophene rings is 8. The van der Waals surface area contributed by atoms with Gasteiger partial charge in [-0.1, -0.05) is 329 Å². The summed E-state index contributed by atoms with van der Waals surface area (Å²) in [5.41, 5.74) is 10.1. The monoisotopic (exact) mass is 1570 g/mol. The maximum absolute atomic E-state index is 6.56. The Labute approximate surface area is 671 Å². The Morgan fingerprint density at radius 3 is 0.683 bits per heavy atom. The van der Waals surface area contributed by atoms with Gasteiger partial charge >= 0.3 is 0 Å². The summed E-state index contributed by atoms with van der Waals surface area (Å²) in [7, 11) is 0. The van der Waals surface area contributed by atoms with E-state index >= 15 is 0 Å².